The molecule has 0 atom stereocenters. The van der Waals surface area contributed by atoms with Gasteiger partial charge >= 0.3 is 0 Å². The van der Waals surface area contributed by atoms with Crippen LogP contribution in [-0.2, 0) is 11.2 Å². The molecular formula is C14H23ClN4O. The number of likely N-dealkylation sites (N-methyl/N-ethyl adjacent to an activating group) is 1. The van der Waals surface area contributed by atoms with E-state index in [4.69, 9.17) is 11.6 Å². The highest BCUT2D eigenvalue weighted by molar-refractivity contribution is 6.30. The van der Waals surface area contributed by atoms with Gasteiger partial charge in [0.15, 0.2) is 0 Å². The maximum absolute atomic E-state index is 11.9. The van der Waals surface area contributed by atoms with Gasteiger partial charge in [0.05, 0.1) is 6.54 Å². The smallest absolute Gasteiger partial charge is 0.239 e. The lowest BCUT2D eigenvalue weighted by atomic mass is 10.2. The zero-order valence-electron chi connectivity index (χ0n) is 12.6. The summed E-state index contributed by atoms with van der Waals surface area (Å²) in [6, 6.07) is 0. The van der Waals surface area contributed by atoms with E-state index in [0.717, 1.165) is 24.2 Å². The zero-order chi connectivity index (χ0) is 15.1. The minimum Gasteiger partial charge on any atom is -0.354 e. The molecule has 112 valence electrons. The predicted molar refractivity (Wildman–Crippen MR) is 82.2 cm³/mol. The summed E-state index contributed by atoms with van der Waals surface area (Å²) in [4.78, 5) is 21.9. The van der Waals surface area contributed by atoms with E-state index in [2.05, 4.69) is 36.1 Å². The van der Waals surface area contributed by atoms with Crippen molar-refractivity contribution in [1.29, 1.82) is 0 Å². The SMILES string of the molecule is CCCc1c(Cl)ncnc1N(C)CC(=O)NCC(C)C. The molecule has 1 rings (SSSR count). The standard InChI is InChI=1S/C14H23ClN4O/c1-5-6-11-13(15)17-9-18-14(11)19(4)8-12(20)16-7-10(2)3/h9-10H,5-8H2,1-4H3,(H,16,20). The molecule has 0 aliphatic heterocycles. The highest BCUT2D eigenvalue weighted by Gasteiger charge is 2.15. The predicted octanol–water partition coefficient (Wildman–Crippen LogP) is 2.29. The Morgan fingerprint density at radius 2 is 2.15 bits per heavy atom. The van der Waals surface area contributed by atoms with Gasteiger partial charge in [0.1, 0.15) is 17.3 Å². The third kappa shape index (κ3) is 4.96. The molecular weight excluding hydrogens is 276 g/mol. The minimum atomic E-state index is -0.0154. The fraction of sp³-hybridized carbons (Fsp3) is 0.643. The van der Waals surface area contributed by atoms with Gasteiger partial charge in [0.2, 0.25) is 5.91 Å². The van der Waals surface area contributed by atoms with Crippen molar-refractivity contribution in [2.45, 2.75) is 33.6 Å². The lowest BCUT2D eigenvalue weighted by molar-refractivity contribution is -0.119. The first-order chi connectivity index (χ1) is 9.45. The number of amides is 1. The summed E-state index contributed by atoms with van der Waals surface area (Å²) in [5.74, 6) is 1.15. The summed E-state index contributed by atoms with van der Waals surface area (Å²) in [5.41, 5.74) is 0.899. The molecule has 0 aliphatic carbocycles. The van der Waals surface area contributed by atoms with Crippen molar-refractivity contribution >= 4 is 23.3 Å². The third-order valence-electron chi connectivity index (χ3n) is 2.82. The second-order valence-corrected chi connectivity index (χ2v) is 5.63. The van der Waals surface area contributed by atoms with Gasteiger partial charge in [-0.25, -0.2) is 9.97 Å². The number of rotatable bonds is 7. The molecule has 1 N–H and O–H groups in total. The van der Waals surface area contributed by atoms with Crippen LogP contribution in [0.2, 0.25) is 5.15 Å². The van der Waals surface area contributed by atoms with E-state index in [-0.39, 0.29) is 12.5 Å². The van der Waals surface area contributed by atoms with E-state index in [1.807, 2.05) is 11.9 Å². The van der Waals surface area contributed by atoms with Crippen molar-refractivity contribution in [1.82, 2.24) is 15.3 Å². The van der Waals surface area contributed by atoms with Gasteiger partial charge < -0.3 is 10.2 Å². The van der Waals surface area contributed by atoms with Crippen LogP contribution in [-0.4, -0.2) is 36.0 Å². The van der Waals surface area contributed by atoms with Crippen LogP contribution in [0.25, 0.3) is 0 Å². The molecule has 1 heterocycles. The van der Waals surface area contributed by atoms with E-state index in [1.54, 1.807) is 0 Å². The van der Waals surface area contributed by atoms with Gasteiger partial charge in [0.25, 0.3) is 0 Å². The van der Waals surface area contributed by atoms with E-state index in [0.29, 0.717) is 17.6 Å². The summed E-state index contributed by atoms with van der Waals surface area (Å²) < 4.78 is 0. The molecule has 0 aromatic carbocycles. The van der Waals surface area contributed by atoms with E-state index < -0.39 is 0 Å². The minimum absolute atomic E-state index is 0.0154. The number of hydrogen-bond donors (Lipinski definition) is 1. The van der Waals surface area contributed by atoms with E-state index in [1.165, 1.54) is 6.33 Å². The fourth-order valence-corrected chi connectivity index (χ4v) is 2.06. The molecule has 1 aromatic heterocycles. The molecule has 1 amide bonds. The average Bonchev–Trinajstić information content (AvgIpc) is 2.38. The van der Waals surface area contributed by atoms with Crippen molar-refractivity contribution in [3.63, 3.8) is 0 Å². The molecule has 1 aromatic rings. The second-order valence-electron chi connectivity index (χ2n) is 5.27. The van der Waals surface area contributed by atoms with Crippen molar-refractivity contribution < 1.29 is 4.79 Å². The Kier molecular flexibility index (Phi) is 6.71. The van der Waals surface area contributed by atoms with Crippen LogP contribution in [0.5, 0.6) is 0 Å². The Bertz CT molecular complexity index is 451. The first kappa shape index (κ1) is 16.7. The number of anilines is 1. The largest absolute Gasteiger partial charge is 0.354 e. The number of nitrogens with zero attached hydrogens (tertiary/aromatic N) is 3. The number of carbonyl (C=O) groups excluding carboxylic acids is 1. The van der Waals surface area contributed by atoms with E-state index >= 15 is 0 Å². The van der Waals surface area contributed by atoms with Gasteiger partial charge in [-0.05, 0) is 12.3 Å². The Balaban J connectivity index is 2.74. The quantitative estimate of drug-likeness (QED) is 0.785. The van der Waals surface area contributed by atoms with Crippen LogP contribution in [0, 0.1) is 5.92 Å². The maximum atomic E-state index is 11.9. The molecule has 20 heavy (non-hydrogen) atoms. The molecule has 0 spiro atoms. The molecule has 6 heteroatoms. The molecule has 0 fully saturated rings. The molecule has 0 bridgehead atoms. The Labute approximate surface area is 125 Å². The lowest BCUT2D eigenvalue weighted by Gasteiger charge is -2.21. The lowest BCUT2D eigenvalue weighted by Crippen LogP contribution is -2.37. The van der Waals surface area contributed by atoms with Gasteiger partial charge in [-0.3, -0.25) is 4.79 Å². The number of carbonyl (C=O) groups is 1. The Morgan fingerprint density at radius 3 is 2.75 bits per heavy atom. The van der Waals surface area contributed by atoms with Gasteiger partial charge in [0, 0.05) is 19.2 Å². The van der Waals surface area contributed by atoms with Crippen LogP contribution in [0.4, 0.5) is 5.82 Å². The average molecular weight is 299 g/mol. The molecule has 0 unspecified atom stereocenters. The van der Waals surface area contributed by atoms with Crippen LogP contribution in [0.1, 0.15) is 32.8 Å². The van der Waals surface area contributed by atoms with Crippen LogP contribution >= 0.6 is 11.6 Å². The summed E-state index contributed by atoms with van der Waals surface area (Å²) in [7, 11) is 1.84. The molecule has 0 saturated heterocycles. The van der Waals surface area contributed by atoms with Crippen LogP contribution in [0.15, 0.2) is 6.33 Å². The topological polar surface area (TPSA) is 58.1 Å². The van der Waals surface area contributed by atoms with Gasteiger partial charge in [-0.2, -0.15) is 0 Å². The first-order valence-corrected chi connectivity index (χ1v) is 7.30. The summed E-state index contributed by atoms with van der Waals surface area (Å²) in [6.07, 6.45) is 3.18. The molecule has 5 nitrogen and oxygen atoms in total. The maximum Gasteiger partial charge on any atom is 0.239 e. The summed E-state index contributed by atoms with van der Waals surface area (Å²) in [6.45, 7) is 7.14. The summed E-state index contributed by atoms with van der Waals surface area (Å²) >= 11 is 6.11. The fourth-order valence-electron chi connectivity index (χ4n) is 1.84. The number of nitrogens with one attached hydrogen (secondary N) is 1. The Morgan fingerprint density at radius 1 is 1.45 bits per heavy atom. The van der Waals surface area contributed by atoms with Crippen molar-refractivity contribution in [2.75, 3.05) is 25.0 Å². The number of hydrogen-bond acceptors (Lipinski definition) is 4. The number of halogens is 1. The third-order valence-corrected chi connectivity index (χ3v) is 3.15. The van der Waals surface area contributed by atoms with Crippen molar-refractivity contribution in [3.05, 3.63) is 17.0 Å². The van der Waals surface area contributed by atoms with E-state index in [9.17, 15) is 4.79 Å². The molecule has 0 radical (unpaired) electrons. The second kappa shape index (κ2) is 8.04. The zero-order valence-corrected chi connectivity index (χ0v) is 13.4. The van der Waals surface area contributed by atoms with Gasteiger partial charge in [-0.1, -0.05) is 38.8 Å². The molecule has 0 aliphatic rings. The van der Waals surface area contributed by atoms with Crippen molar-refractivity contribution in [2.24, 2.45) is 5.92 Å². The Hall–Kier alpha value is -1.36. The normalized spacial score (nSPS) is 10.7. The first-order valence-electron chi connectivity index (χ1n) is 6.92. The van der Waals surface area contributed by atoms with Crippen LogP contribution < -0.4 is 10.2 Å². The van der Waals surface area contributed by atoms with Gasteiger partial charge in [-0.15, -0.1) is 0 Å². The highest BCUT2D eigenvalue weighted by atomic mass is 35.5. The summed E-state index contributed by atoms with van der Waals surface area (Å²) in [5, 5.41) is 3.36. The monoisotopic (exact) mass is 298 g/mol. The highest BCUT2D eigenvalue weighted by Crippen LogP contribution is 2.23. The number of aromatic nitrogens is 2. The van der Waals surface area contributed by atoms with Crippen LogP contribution in [0.3, 0.4) is 0 Å². The molecule has 0 saturated carbocycles. The van der Waals surface area contributed by atoms with Crippen molar-refractivity contribution in [3.8, 4) is 0 Å².